The van der Waals surface area contributed by atoms with Gasteiger partial charge in [-0.25, -0.2) is 9.59 Å². The average Bonchev–Trinajstić information content (AvgIpc) is 3.49. The molecular weight excluding hydrogens is 550 g/mol. The van der Waals surface area contributed by atoms with Crippen LogP contribution in [0.1, 0.15) is 91.7 Å². The molecule has 2 saturated heterocycles. The van der Waals surface area contributed by atoms with Crippen LogP contribution in [0.4, 0.5) is 4.79 Å². The molecular formula is C30H46ClN3O7. The highest BCUT2D eigenvalue weighted by Gasteiger charge is 2.54. The highest BCUT2D eigenvalue weighted by molar-refractivity contribution is 5.95. The largest absolute Gasteiger partial charge is 0.458 e. The summed E-state index contributed by atoms with van der Waals surface area (Å²) < 4.78 is 16.6. The van der Waals surface area contributed by atoms with Crippen molar-refractivity contribution in [2.75, 3.05) is 13.1 Å². The Balaban J connectivity index is 0.00000588. The van der Waals surface area contributed by atoms with E-state index in [1.807, 2.05) is 30.3 Å². The molecule has 230 valence electrons. The molecule has 41 heavy (non-hydrogen) atoms. The molecule has 0 radical (unpaired) electrons. The zero-order valence-electron chi connectivity index (χ0n) is 25.1. The summed E-state index contributed by atoms with van der Waals surface area (Å²) in [6.45, 7) is 11.4. The second-order valence-corrected chi connectivity index (χ2v) is 12.7. The number of ether oxygens (including phenoxy) is 3. The Morgan fingerprint density at radius 1 is 1.02 bits per heavy atom. The highest BCUT2D eigenvalue weighted by atomic mass is 35.5. The van der Waals surface area contributed by atoms with Gasteiger partial charge in [0.1, 0.15) is 28.9 Å². The monoisotopic (exact) mass is 595 g/mol. The van der Waals surface area contributed by atoms with Crippen LogP contribution in [0.25, 0.3) is 0 Å². The first-order valence-corrected chi connectivity index (χ1v) is 14.2. The minimum atomic E-state index is -1.59. The topological polar surface area (TPSA) is 137 Å². The predicted molar refractivity (Wildman–Crippen MR) is 156 cm³/mol. The molecule has 0 bridgehead atoms. The van der Waals surface area contributed by atoms with Crippen molar-refractivity contribution in [3.8, 4) is 0 Å². The fourth-order valence-corrected chi connectivity index (χ4v) is 5.24. The van der Waals surface area contributed by atoms with Crippen molar-refractivity contribution in [2.24, 2.45) is 11.7 Å². The number of amides is 2. The first kappa shape index (κ1) is 34.4. The Labute approximate surface area is 249 Å². The molecule has 2 aliphatic rings. The van der Waals surface area contributed by atoms with Crippen LogP contribution in [0.3, 0.4) is 0 Å². The number of nitrogens with zero attached hydrogens (tertiary/aromatic N) is 1. The van der Waals surface area contributed by atoms with Crippen molar-refractivity contribution in [1.82, 2.24) is 10.2 Å². The van der Waals surface area contributed by atoms with Gasteiger partial charge in [0.15, 0.2) is 0 Å². The van der Waals surface area contributed by atoms with Gasteiger partial charge in [0.2, 0.25) is 5.91 Å². The number of nitrogens with two attached hydrogens (primary N) is 1. The van der Waals surface area contributed by atoms with Gasteiger partial charge in [0, 0.05) is 19.5 Å². The SMILES string of the molecule is CC(C)(C)OC(=O)NCCCC[C@@](N)(C(=O)N1CCC[C@H]1C(=O)OC(C)(C)C)[C@@H]1C[C@H](c2ccccc2)OC1=O.Cl. The Bertz CT molecular complexity index is 1070. The van der Waals surface area contributed by atoms with Crippen LogP contribution in [0.15, 0.2) is 30.3 Å². The van der Waals surface area contributed by atoms with Crippen LogP contribution >= 0.6 is 12.4 Å². The van der Waals surface area contributed by atoms with Crippen LogP contribution in [0, 0.1) is 5.92 Å². The van der Waals surface area contributed by atoms with E-state index in [-0.39, 0.29) is 25.2 Å². The summed E-state index contributed by atoms with van der Waals surface area (Å²) in [6, 6.07) is 8.61. The Kier molecular flexibility index (Phi) is 11.6. The highest BCUT2D eigenvalue weighted by Crippen LogP contribution is 2.41. The van der Waals surface area contributed by atoms with Gasteiger partial charge in [-0.3, -0.25) is 9.59 Å². The van der Waals surface area contributed by atoms with Crippen molar-refractivity contribution < 1.29 is 33.4 Å². The van der Waals surface area contributed by atoms with Gasteiger partial charge in [-0.2, -0.15) is 0 Å². The number of likely N-dealkylation sites (tertiary alicyclic amines) is 1. The van der Waals surface area contributed by atoms with E-state index < -0.39 is 58.7 Å². The van der Waals surface area contributed by atoms with E-state index >= 15 is 0 Å². The number of alkyl carbamates (subject to hydrolysis) is 1. The van der Waals surface area contributed by atoms with Crippen LogP contribution in [-0.4, -0.2) is 64.7 Å². The van der Waals surface area contributed by atoms with Gasteiger partial charge in [-0.1, -0.05) is 30.3 Å². The number of halogens is 1. The zero-order chi connectivity index (χ0) is 29.7. The number of nitrogens with one attached hydrogen (secondary N) is 1. The maximum absolute atomic E-state index is 14.1. The number of hydrogen-bond acceptors (Lipinski definition) is 8. The van der Waals surface area contributed by atoms with E-state index in [2.05, 4.69) is 5.32 Å². The third-order valence-electron chi connectivity index (χ3n) is 7.06. The summed E-state index contributed by atoms with van der Waals surface area (Å²) in [4.78, 5) is 53.8. The fourth-order valence-electron chi connectivity index (χ4n) is 5.24. The average molecular weight is 596 g/mol. The number of cyclic esters (lactones) is 1. The Morgan fingerprint density at radius 3 is 2.27 bits per heavy atom. The lowest BCUT2D eigenvalue weighted by molar-refractivity contribution is -0.165. The minimum absolute atomic E-state index is 0. The lowest BCUT2D eigenvalue weighted by Gasteiger charge is -2.37. The number of rotatable bonds is 9. The normalized spacial score (nSPS) is 22.3. The van der Waals surface area contributed by atoms with Crippen LogP contribution < -0.4 is 11.1 Å². The summed E-state index contributed by atoms with van der Waals surface area (Å²) in [6.07, 6.45) is 1.49. The number of esters is 2. The molecule has 0 spiro atoms. The van der Waals surface area contributed by atoms with Crippen molar-refractivity contribution in [3.05, 3.63) is 35.9 Å². The molecule has 2 aliphatic heterocycles. The third kappa shape index (κ3) is 9.33. The Morgan fingerprint density at radius 2 is 1.66 bits per heavy atom. The van der Waals surface area contributed by atoms with Crippen molar-refractivity contribution >= 4 is 36.3 Å². The standard InChI is InChI=1S/C30H45N3O7.ClH/c1-28(2,3)39-25(35)22-15-12-18-33(22)26(36)30(31,16-10-11-17-32-27(37)40-29(4,5)6)21-19-23(38-24(21)34)20-13-8-7-9-14-20;/h7-9,13-14,21-23H,10-12,15-19,31H2,1-6H3,(H,32,37);1H/t21-,22+,23-,30+;/m1./s1. The molecule has 0 aromatic heterocycles. The number of carbonyl (C=O) groups is 4. The number of benzene rings is 1. The Hall–Kier alpha value is -2.85. The summed E-state index contributed by atoms with van der Waals surface area (Å²) >= 11 is 0. The van der Waals surface area contributed by atoms with Gasteiger partial charge < -0.3 is 30.2 Å². The lowest BCUT2D eigenvalue weighted by Crippen LogP contribution is -2.62. The van der Waals surface area contributed by atoms with E-state index in [0.717, 1.165) is 5.56 Å². The van der Waals surface area contributed by atoms with E-state index in [1.165, 1.54) is 4.90 Å². The summed E-state index contributed by atoms with van der Waals surface area (Å²) in [5, 5.41) is 2.71. The summed E-state index contributed by atoms with van der Waals surface area (Å²) in [7, 11) is 0. The second-order valence-electron chi connectivity index (χ2n) is 12.7. The maximum Gasteiger partial charge on any atom is 0.407 e. The van der Waals surface area contributed by atoms with E-state index in [0.29, 0.717) is 38.8 Å². The number of carbonyl (C=O) groups excluding carboxylic acids is 4. The summed E-state index contributed by atoms with van der Waals surface area (Å²) in [5.41, 5.74) is 4.86. The first-order chi connectivity index (χ1) is 18.6. The van der Waals surface area contributed by atoms with E-state index in [9.17, 15) is 19.2 Å². The van der Waals surface area contributed by atoms with Crippen molar-refractivity contribution in [2.45, 2.75) is 109 Å². The smallest absolute Gasteiger partial charge is 0.407 e. The predicted octanol–water partition coefficient (Wildman–Crippen LogP) is 4.44. The van der Waals surface area contributed by atoms with Crippen LogP contribution in [-0.2, 0) is 28.6 Å². The zero-order valence-corrected chi connectivity index (χ0v) is 25.9. The number of unbranched alkanes of at least 4 members (excludes halogenated alkanes) is 1. The third-order valence-corrected chi connectivity index (χ3v) is 7.06. The van der Waals surface area contributed by atoms with Gasteiger partial charge in [-0.15, -0.1) is 12.4 Å². The molecule has 0 saturated carbocycles. The van der Waals surface area contributed by atoms with Crippen molar-refractivity contribution in [3.63, 3.8) is 0 Å². The van der Waals surface area contributed by atoms with Crippen LogP contribution in [0.5, 0.6) is 0 Å². The molecule has 1 aromatic rings. The molecule has 11 heteroatoms. The molecule has 0 aliphatic carbocycles. The summed E-state index contributed by atoms with van der Waals surface area (Å²) in [5.74, 6) is -2.33. The maximum atomic E-state index is 14.1. The molecule has 2 amide bonds. The first-order valence-electron chi connectivity index (χ1n) is 14.2. The molecule has 0 unspecified atom stereocenters. The molecule has 1 aromatic carbocycles. The quantitative estimate of drug-likeness (QED) is 0.243. The van der Waals surface area contributed by atoms with E-state index in [1.54, 1.807) is 41.5 Å². The molecule has 2 fully saturated rings. The molecule has 3 rings (SSSR count). The fraction of sp³-hybridized carbons (Fsp3) is 0.667. The van der Waals surface area contributed by atoms with Gasteiger partial charge in [-0.05, 0) is 79.2 Å². The van der Waals surface area contributed by atoms with Gasteiger partial charge in [0.25, 0.3) is 0 Å². The van der Waals surface area contributed by atoms with Gasteiger partial charge in [0.05, 0.1) is 5.92 Å². The molecule has 3 N–H and O–H groups in total. The van der Waals surface area contributed by atoms with Gasteiger partial charge >= 0.3 is 18.0 Å². The van der Waals surface area contributed by atoms with E-state index in [4.69, 9.17) is 19.9 Å². The van der Waals surface area contributed by atoms with Crippen LogP contribution in [0.2, 0.25) is 0 Å². The van der Waals surface area contributed by atoms with Crippen molar-refractivity contribution in [1.29, 1.82) is 0 Å². The molecule has 4 atom stereocenters. The number of hydrogen-bond donors (Lipinski definition) is 2. The lowest BCUT2D eigenvalue weighted by atomic mass is 9.77. The second kappa shape index (κ2) is 13.9. The minimum Gasteiger partial charge on any atom is -0.458 e. The molecule has 10 nitrogen and oxygen atoms in total. The molecule has 2 heterocycles.